The summed E-state index contributed by atoms with van der Waals surface area (Å²) in [4.78, 5) is 12.4. The molecule has 146 valence electrons. The van der Waals surface area contributed by atoms with Crippen molar-refractivity contribution in [2.75, 3.05) is 6.61 Å². The minimum Gasteiger partial charge on any atom is -0.393 e. The van der Waals surface area contributed by atoms with Crippen molar-refractivity contribution in [1.29, 1.82) is 0 Å². The maximum absolute atomic E-state index is 12.4. The van der Waals surface area contributed by atoms with Crippen LogP contribution >= 0.6 is 0 Å². The summed E-state index contributed by atoms with van der Waals surface area (Å²) in [5.41, 5.74) is -1.06. The van der Waals surface area contributed by atoms with E-state index in [1.54, 1.807) is 0 Å². The first-order valence-electron chi connectivity index (χ1n) is 10.1. The smallest absolute Gasteiger partial charge is 0.190 e. The summed E-state index contributed by atoms with van der Waals surface area (Å²) in [6.07, 6.45) is 6.09. The molecule has 3 saturated carbocycles. The minimum atomic E-state index is -1.54. The molecule has 0 radical (unpaired) electrons. The Hall–Kier alpha value is -0.750. The highest BCUT2D eigenvalue weighted by molar-refractivity contribution is 5.89. The lowest BCUT2D eigenvalue weighted by Crippen LogP contribution is -2.61. The molecular formula is C21H32O5. The first-order chi connectivity index (χ1) is 12.2. The molecule has 0 aromatic rings. The number of carbonyl (C=O) groups excluding carboxylic acids is 1. The van der Waals surface area contributed by atoms with Crippen molar-refractivity contribution in [2.45, 2.75) is 76.6 Å². The van der Waals surface area contributed by atoms with Crippen LogP contribution in [-0.2, 0) is 4.79 Å². The number of ketones is 1. The van der Waals surface area contributed by atoms with E-state index in [4.69, 9.17) is 0 Å². The lowest BCUT2D eigenvalue weighted by molar-refractivity contribution is -0.180. The Morgan fingerprint density at radius 2 is 1.96 bits per heavy atom. The SMILES string of the molecule is C[C@]12CC[C@H](O)CC1=CC[C@@H]1[C@@H]2[C@H](O)C[C@]2(C)[C@H]1CC[C@]2(O)C(=O)CO. The topological polar surface area (TPSA) is 98.0 Å². The number of aliphatic hydroxyl groups is 4. The van der Waals surface area contributed by atoms with Crippen LogP contribution in [0.4, 0.5) is 0 Å². The number of carbonyl (C=O) groups is 1. The Balaban J connectivity index is 1.73. The molecule has 0 aromatic heterocycles. The number of Topliss-reactive ketones (excluding diaryl/α,β-unsaturated/α-hetero) is 1. The average molecular weight is 364 g/mol. The van der Waals surface area contributed by atoms with E-state index in [1.165, 1.54) is 5.57 Å². The van der Waals surface area contributed by atoms with Crippen molar-refractivity contribution in [3.8, 4) is 0 Å². The molecule has 0 bridgehead atoms. The van der Waals surface area contributed by atoms with Gasteiger partial charge in [-0.2, -0.15) is 0 Å². The van der Waals surface area contributed by atoms with E-state index in [0.29, 0.717) is 19.3 Å². The van der Waals surface area contributed by atoms with Gasteiger partial charge < -0.3 is 20.4 Å². The molecule has 0 aliphatic heterocycles. The molecule has 0 heterocycles. The van der Waals surface area contributed by atoms with Gasteiger partial charge in [-0.05, 0) is 68.1 Å². The minimum absolute atomic E-state index is 0.107. The van der Waals surface area contributed by atoms with Gasteiger partial charge in [0.25, 0.3) is 0 Å². The van der Waals surface area contributed by atoms with Crippen LogP contribution in [0.5, 0.6) is 0 Å². The summed E-state index contributed by atoms with van der Waals surface area (Å²) in [5.74, 6) is -0.00187. The van der Waals surface area contributed by atoms with Gasteiger partial charge in [0.1, 0.15) is 12.2 Å². The van der Waals surface area contributed by atoms with Gasteiger partial charge in [0.15, 0.2) is 5.78 Å². The standard InChI is InChI=1S/C21H32O5/c1-19-7-5-13(23)9-12(19)3-4-14-15-6-8-21(26,17(25)11-22)20(15,2)10-16(24)18(14)19/h3,13-16,18,22-24,26H,4-11H2,1-2H3/t13-,14-,15-,16+,18+,19-,20+,21-/m0/s1. The van der Waals surface area contributed by atoms with Crippen LogP contribution in [0.3, 0.4) is 0 Å². The van der Waals surface area contributed by atoms with Crippen LogP contribution in [0.15, 0.2) is 11.6 Å². The molecule has 4 N–H and O–H groups in total. The fourth-order valence-electron chi connectivity index (χ4n) is 7.37. The maximum Gasteiger partial charge on any atom is 0.190 e. The average Bonchev–Trinajstić information content (AvgIpc) is 2.86. The zero-order valence-electron chi connectivity index (χ0n) is 15.8. The predicted molar refractivity (Wildman–Crippen MR) is 96.1 cm³/mol. The first kappa shape index (κ1) is 18.6. The predicted octanol–water partition coefficient (Wildman–Crippen LogP) is 1.57. The van der Waals surface area contributed by atoms with Crippen LogP contribution in [0, 0.1) is 28.6 Å². The molecule has 4 aliphatic rings. The molecule has 5 heteroatoms. The second kappa shape index (κ2) is 5.87. The molecule has 0 saturated heterocycles. The molecule has 0 amide bonds. The van der Waals surface area contributed by atoms with Gasteiger partial charge in [-0.3, -0.25) is 4.79 Å². The summed E-state index contributed by atoms with van der Waals surface area (Å²) < 4.78 is 0. The fourth-order valence-corrected chi connectivity index (χ4v) is 7.37. The number of fused-ring (bicyclic) bond motifs is 5. The Bertz CT molecular complexity index is 644. The highest BCUT2D eigenvalue weighted by atomic mass is 16.3. The Labute approximate surface area is 155 Å². The highest BCUT2D eigenvalue weighted by Crippen LogP contribution is 2.67. The molecule has 8 atom stereocenters. The summed E-state index contributed by atoms with van der Waals surface area (Å²) in [6, 6.07) is 0. The molecule has 3 fully saturated rings. The van der Waals surface area contributed by atoms with Crippen molar-refractivity contribution in [3.05, 3.63) is 11.6 Å². The third-order valence-corrected chi connectivity index (χ3v) is 8.77. The second-order valence-electron chi connectivity index (χ2n) is 9.74. The zero-order chi connectivity index (χ0) is 18.9. The van der Waals surface area contributed by atoms with Crippen molar-refractivity contribution < 1.29 is 25.2 Å². The number of aliphatic hydroxyl groups excluding tert-OH is 3. The van der Waals surface area contributed by atoms with E-state index in [2.05, 4.69) is 13.0 Å². The molecule has 4 rings (SSSR count). The van der Waals surface area contributed by atoms with Crippen LogP contribution in [-0.4, -0.2) is 50.6 Å². The molecule has 5 nitrogen and oxygen atoms in total. The van der Waals surface area contributed by atoms with Gasteiger partial charge in [-0.15, -0.1) is 0 Å². The van der Waals surface area contributed by atoms with Gasteiger partial charge >= 0.3 is 0 Å². The van der Waals surface area contributed by atoms with Crippen LogP contribution in [0.2, 0.25) is 0 Å². The monoisotopic (exact) mass is 364 g/mol. The third-order valence-electron chi connectivity index (χ3n) is 8.77. The van der Waals surface area contributed by atoms with E-state index in [1.807, 2.05) is 6.92 Å². The zero-order valence-corrected chi connectivity index (χ0v) is 15.8. The first-order valence-corrected chi connectivity index (χ1v) is 10.1. The third kappa shape index (κ3) is 2.20. The number of rotatable bonds is 2. The van der Waals surface area contributed by atoms with E-state index in [-0.39, 0.29) is 29.3 Å². The van der Waals surface area contributed by atoms with E-state index >= 15 is 0 Å². The molecule has 0 unspecified atom stereocenters. The second-order valence-corrected chi connectivity index (χ2v) is 9.74. The van der Waals surface area contributed by atoms with Crippen molar-refractivity contribution >= 4 is 5.78 Å². The quantitative estimate of drug-likeness (QED) is 0.558. The molecule has 0 aromatic carbocycles. The van der Waals surface area contributed by atoms with Crippen molar-refractivity contribution in [2.24, 2.45) is 28.6 Å². The summed E-state index contributed by atoms with van der Waals surface area (Å²) in [5, 5.41) is 41.8. The van der Waals surface area contributed by atoms with E-state index in [0.717, 1.165) is 25.7 Å². The lowest BCUT2D eigenvalue weighted by Gasteiger charge is -2.60. The fraction of sp³-hybridized carbons (Fsp3) is 0.857. The number of allylic oxidation sites excluding steroid dienone is 1. The largest absolute Gasteiger partial charge is 0.393 e. The Morgan fingerprint density at radius 1 is 1.23 bits per heavy atom. The Morgan fingerprint density at radius 3 is 2.65 bits per heavy atom. The lowest BCUT2D eigenvalue weighted by atomic mass is 9.46. The van der Waals surface area contributed by atoms with Crippen molar-refractivity contribution in [3.63, 3.8) is 0 Å². The van der Waals surface area contributed by atoms with Crippen LogP contribution in [0.25, 0.3) is 0 Å². The molecule has 4 aliphatic carbocycles. The summed E-state index contributed by atoms with van der Waals surface area (Å²) in [6.45, 7) is 3.51. The van der Waals surface area contributed by atoms with E-state index < -0.39 is 29.5 Å². The Kier molecular flexibility index (Phi) is 4.20. The van der Waals surface area contributed by atoms with Gasteiger partial charge in [0, 0.05) is 5.41 Å². The molecular weight excluding hydrogens is 332 g/mol. The van der Waals surface area contributed by atoms with Crippen molar-refractivity contribution in [1.82, 2.24) is 0 Å². The summed E-state index contributed by atoms with van der Waals surface area (Å²) >= 11 is 0. The normalized spacial score (nSPS) is 53.3. The summed E-state index contributed by atoms with van der Waals surface area (Å²) in [7, 11) is 0. The molecule has 26 heavy (non-hydrogen) atoms. The number of hydrogen-bond donors (Lipinski definition) is 4. The van der Waals surface area contributed by atoms with Gasteiger partial charge in [-0.1, -0.05) is 25.5 Å². The number of hydrogen-bond acceptors (Lipinski definition) is 5. The highest BCUT2D eigenvalue weighted by Gasteiger charge is 2.67. The van der Waals surface area contributed by atoms with Gasteiger partial charge in [-0.25, -0.2) is 0 Å². The van der Waals surface area contributed by atoms with Gasteiger partial charge in [0.2, 0.25) is 0 Å². The maximum atomic E-state index is 12.4. The molecule has 0 spiro atoms. The van der Waals surface area contributed by atoms with Crippen LogP contribution in [0.1, 0.15) is 58.8 Å². The van der Waals surface area contributed by atoms with Gasteiger partial charge in [0.05, 0.1) is 12.2 Å². The van der Waals surface area contributed by atoms with E-state index in [9.17, 15) is 25.2 Å². The van der Waals surface area contributed by atoms with Crippen LogP contribution < -0.4 is 0 Å².